The number of unbranched alkanes of at least 4 members (excludes halogenated alkanes) is 22. The molecule has 0 spiro atoms. The number of nitrogens with zero attached hydrogens (tertiary/aromatic N) is 1. The summed E-state index contributed by atoms with van der Waals surface area (Å²) in [6.45, 7) is 4.18. The average molecular weight is 786 g/mol. The minimum atomic E-state index is -4.62. The number of hydrogen-bond donors (Lipinski definition) is 0. The van der Waals surface area contributed by atoms with Crippen molar-refractivity contribution in [1.29, 1.82) is 0 Å². The van der Waals surface area contributed by atoms with E-state index in [1.54, 1.807) is 0 Å². The molecule has 0 aromatic heterocycles. The second-order valence-corrected chi connectivity index (χ2v) is 17.5. The van der Waals surface area contributed by atoms with Gasteiger partial charge in [-0.3, -0.25) is 14.2 Å². The first-order chi connectivity index (χ1) is 26.0. The molecule has 10 heteroatoms. The largest absolute Gasteiger partial charge is 0.756 e. The molecule has 2 atom stereocenters. The van der Waals surface area contributed by atoms with E-state index in [1.165, 1.54) is 103 Å². The zero-order valence-electron chi connectivity index (χ0n) is 35.7. The summed E-state index contributed by atoms with van der Waals surface area (Å²) in [5.74, 6) is -0.845. The second kappa shape index (κ2) is 37.1. The molecule has 0 bridgehead atoms. The smallest absolute Gasteiger partial charge is 0.306 e. The minimum Gasteiger partial charge on any atom is -0.756 e. The van der Waals surface area contributed by atoms with Gasteiger partial charge in [0.2, 0.25) is 0 Å². The Labute approximate surface area is 332 Å². The van der Waals surface area contributed by atoms with E-state index in [0.29, 0.717) is 17.4 Å². The van der Waals surface area contributed by atoms with Crippen molar-refractivity contribution in [2.75, 3.05) is 47.5 Å². The summed E-state index contributed by atoms with van der Waals surface area (Å²) < 4.78 is 33.8. The van der Waals surface area contributed by atoms with Gasteiger partial charge in [0.05, 0.1) is 27.7 Å². The van der Waals surface area contributed by atoms with E-state index in [9.17, 15) is 19.0 Å². The van der Waals surface area contributed by atoms with Gasteiger partial charge in [0.25, 0.3) is 7.82 Å². The number of quaternary nitrogens is 1. The second-order valence-electron chi connectivity index (χ2n) is 16.1. The highest BCUT2D eigenvalue weighted by Gasteiger charge is 2.21. The molecule has 0 fully saturated rings. The highest BCUT2D eigenvalue weighted by molar-refractivity contribution is 7.45. The summed E-state index contributed by atoms with van der Waals surface area (Å²) in [6.07, 6.45) is 39.2. The summed E-state index contributed by atoms with van der Waals surface area (Å²) in [7, 11) is 1.16. The summed E-state index contributed by atoms with van der Waals surface area (Å²) in [5.41, 5.74) is 0. The molecule has 0 saturated heterocycles. The fourth-order valence-electron chi connectivity index (χ4n) is 5.92. The summed E-state index contributed by atoms with van der Waals surface area (Å²) in [4.78, 5) is 37.4. The van der Waals surface area contributed by atoms with Crippen molar-refractivity contribution in [2.45, 2.75) is 200 Å². The number of phosphoric acid groups is 1. The van der Waals surface area contributed by atoms with Gasteiger partial charge in [0.15, 0.2) is 6.10 Å². The first-order valence-corrected chi connectivity index (χ1v) is 23.5. The predicted octanol–water partition coefficient (Wildman–Crippen LogP) is 11.7. The number of carbonyl (C=O) groups excluding carboxylic acids is 2. The van der Waals surface area contributed by atoms with Crippen LogP contribution in [0.2, 0.25) is 0 Å². The molecule has 0 N–H and O–H groups in total. The average Bonchev–Trinajstić information content (AvgIpc) is 3.12. The molecule has 318 valence electrons. The van der Waals surface area contributed by atoms with E-state index in [2.05, 4.69) is 38.2 Å². The van der Waals surface area contributed by atoms with Gasteiger partial charge in [-0.05, 0) is 57.8 Å². The van der Waals surface area contributed by atoms with Crippen LogP contribution < -0.4 is 4.89 Å². The quantitative estimate of drug-likeness (QED) is 0.0198. The van der Waals surface area contributed by atoms with Gasteiger partial charge in [-0.15, -0.1) is 0 Å². The van der Waals surface area contributed by atoms with Crippen LogP contribution in [0.1, 0.15) is 194 Å². The van der Waals surface area contributed by atoms with Crippen molar-refractivity contribution in [2.24, 2.45) is 0 Å². The normalized spacial score (nSPS) is 13.8. The Morgan fingerprint density at radius 1 is 0.556 bits per heavy atom. The van der Waals surface area contributed by atoms with Gasteiger partial charge >= 0.3 is 11.9 Å². The van der Waals surface area contributed by atoms with Crippen LogP contribution in [-0.2, 0) is 32.7 Å². The standard InChI is InChI=1S/C44H84NO8P/c1-6-8-10-12-14-16-18-19-20-21-22-23-24-25-27-28-30-32-34-36-43(46)50-40-42(41-52-54(48,49)51-39-38-45(3,4)5)53-44(47)37-35-33-31-29-26-17-15-13-11-9-7-2/h13,15,19-20,42H,6-12,14,16-18,21-41H2,1-5H3/b15-13+,20-19+/t42-/m0/s1. The number of phosphoric ester groups is 1. The Morgan fingerprint density at radius 2 is 0.963 bits per heavy atom. The maximum absolute atomic E-state index is 12.6. The molecule has 0 amide bonds. The monoisotopic (exact) mass is 786 g/mol. The maximum Gasteiger partial charge on any atom is 0.306 e. The van der Waals surface area contributed by atoms with Gasteiger partial charge in [-0.2, -0.15) is 0 Å². The Balaban J connectivity index is 4.28. The number of allylic oxidation sites excluding steroid dienone is 4. The summed E-state index contributed by atoms with van der Waals surface area (Å²) in [5, 5.41) is 0. The molecular formula is C44H84NO8P. The zero-order chi connectivity index (χ0) is 40.0. The number of esters is 2. The lowest BCUT2D eigenvalue weighted by Gasteiger charge is -2.28. The Morgan fingerprint density at radius 3 is 1.43 bits per heavy atom. The number of rotatable bonds is 40. The topological polar surface area (TPSA) is 111 Å². The summed E-state index contributed by atoms with van der Waals surface area (Å²) in [6, 6.07) is 0. The predicted molar refractivity (Wildman–Crippen MR) is 222 cm³/mol. The molecule has 0 aliphatic carbocycles. The third-order valence-electron chi connectivity index (χ3n) is 9.44. The number of carbonyl (C=O) groups is 2. The summed E-state index contributed by atoms with van der Waals surface area (Å²) >= 11 is 0. The number of likely N-dealkylation sites (N-methyl/N-ethyl adjacent to an activating group) is 1. The number of ether oxygens (including phenoxy) is 2. The van der Waals surface area contributed by atoms with E-state index in [1.807, 2.05) is 21.1 Å². The molecule has 54 heavy (non-hydrogen) atoms. The molecule has 0 aliphatic heterocycles. The zero-order valence-corrected chi connectivity index (χ0v) is 36.6. The SMILES string of the molecule is CCCC/C=C/CCCCCCCC(=O)O[C@@H](COC(=O)CCCCCCCCCCC/C=C/CCCCCCCC)COP(=O)([O-])OCC[N+](C)(C)C. The third kappa shape index (κ3) is 40.2. The molecule has 0 saturated carbocycles. The van der Waals surface area contributed by atoms with Crippen LogP contribution in [0.15, 0.2) is 24.3 Å². The first kappa shape index (κ1) is 52.5. The number of hydrogen-bond acceptors (Lipinski definition) is 8. The molecule has 0 aromatic carbocycles. The van der Waals surface area contributed by atoms with Crippen molar-refractivity contribution >= 4 is 19.8 Å². The molecule has 0 aromatic rings. The lowest BCUT2D eigenvalue weighted by molar-refractivity contribution is -0.870. The maximum atomic E-state index is 12.6. The molecule has 1 unspecified atom stereocenters. The van der Waals surface area contributed by atoms with Crippen molar-refractivity contribution in [3.05, 3.63) is 24.3 Å². The van der Waals surface area contributed by atoms with Crippen LogP contribution in [0, 0.1) is 0 Å². The fraction of sp³-hybridized carbons (Fsp3) is 0.864. The van der Waals surface area contributed by atoms with E-state index < -0.39 is 26.5 Å². The van der Waals surface area contributed by atoms with Gasteiger partial charge in [0.1, 0.15) is 19.8 Å². The molecule has 0 aliphatic rings. The van der Waals surface area contributed by atoms with E-state index >= 15 is 0 Å². The highest BCUT2D eigenvalue weighted by Crippen LogP contribution is 2.38. The van der Waals surface area contributed by atoms with Crippen molar-refractivity contribution < 1.29 is 42.1 Å². The van der Waals surface area contributed by atoms with Crippen LogP contribution in [0.25, 0.3) is 0 Å². The van der Waals surface area contributed by atoms with Crippen molar-refractivity contribution in [1.82, 2.24) is 0 Å². The van der Waals surface area contributed by atoms with E-state index in [0.717, 1.165) is 57.8 Å². The molecule has 0 heterocycles. The van der Waals surface area contributed by atoms with Crippen LogP contribution in [0.4, 0.5) is 0 Å². The van der Waals surface area contributed by atoms with Gasteiger partial charge in [0, 0.05) is 12.8 Å². The Bertz CT molecular complexity index is 980. The van der Waals surface area contributed by atoms with Gasteiger partial charge in [-0.1, -0.05) is 147 Å². The van der Waals surface area contributed by atoms with Crippen molar-refractivity contribution in [3.8, 4) is 0 Å². The van der Waals surface area contributed by atoms with Gasteiger partial charge < -0.3 is 27.9 Å². The van der Waals surface area contributed by atoms with Crippen LogP contribution in [0.5, 0.6) is 0 Å². The Kier molecular flexibility index (Phi) is 36.1. The van der Waals surface area contributed by atoms with Crippen LogP contribution >= 0.6 is 7.82 Å². The van der Waals surface area contributed by atoms with E-state index in [-0.39, 0.29) is 32.0 Å². The van der Waals surface area contributed by atoms with E-state index in [4.69, 9.17) is 18.5 Å². The molecular weight excluding hydrogens is 701 g/mol. The lowest BCUT2D eigenvalue weighted by Crippen LogP contribution is -2.37. The minimum absolute atomic E-state index is 0.0316. The van der Waals surface area contributed by atoms with Crippen molar-refractivity contribution in [3.63, 3.8) is 0 Å². The first-order valence-electron chi connectivity index (χ1n) is 22.0. The third-order valence-corrected chi connectivity index (χ3v) is 10.4. The van der Waals surface area contributed by atoms with Crippen LogP contribution in [0.3, 0.4) is 0 Å². The molecule has 9 nitrogen and oxygen atoms in total. The van der Waals surface area contributed by atoms with Gasteiger partial charge in [-0.25, -0.2) is 0 Å². The fourth-order valence-corrected chi connectivity index (χ4v) is 6.65. The van der Waals surface area contributed by atoms with Crippen LogP contribution in [-0.4, -0.2) is 70.0 Å². The Hall–Kier alpha value is -1.51. The molecule has 0 radical (unpaired) electrons. The lowest BCUT2D eigenvalue weighted by atomic mass is 10.1. The highest BCUT2D eigenvalue weighted by atomic mass is 31.2. The molecule has 0 rings (SSSR count).